The van der Waals surface area contributed by atoms with Crippen molar-refractivity contribution in [1.82, 2.24) is 20.2 Å². The standard InChI is InChI=1S/C16H13N5O2/c1-8-2-4-11-10(6-8)14(21-20-11)15(22)17-9-3-5-12-13(7-9)19-16(23)18-12/h2-7H,1H3,(H,17,22)(H,20,21)(H2,18,19,23). The second-order valence-electron chi connectivity index (χ2n) is 5.41. The van der Waals surface area contributed by atoms with E-state index in [1.165, 1.54) is 0 Å². The summed E-state index contributed by atoms with van der Waals surface area (Å²) in [7, 11) is 0. The predicted octanol–water partition coefficient (Wildman–Crippen LogP) is 2.29. The van der Waals surface area contributed by atoms with Crippen LogP contribution in [0, 0.1) is 6.92 Å². The van der Waals surface area contributed by atoms with Crippen molar-refractivity contribution in [3.05, 3.63) is 58.1 Å². The fourth-order valence-corrected chi connectivity index (χ4v) is 2.60. The number of anilines is 1. The zero-order chi connectivity index (χ0) is 16.0. The molecule has 0 unspecified atom stereocenters. The lowest BCUT2D eigenvalue weighted by Crippen LogP contribution is -2.12. The molecule has 0 atom stereocenters. The van der Waals surface area contributed by atoms with Crippen molar-refractivity contribution in [2.75, 3.05) is 5.32 Å². The summed E-state index contributed by atoms with van der Waals surface area (Å²) in [4.78, 5) is 29.1. The van der Waals surface area contributed by atoms with Crippen LogP contribution in [0.3, 0.4) is 0 Å². The van der Waals surface area contributed by atoms with Gasteiger partial charge in [-0.25, -0.2) is 4.79 Å². The molecular formula is C16H13N5O2. The van der Waals surface area contributed by atoms with Gasteiger partial charge >= 0.3 is 5.69 Å². The zero-order valence-electron chi connectivity index (χ0n) is 12.2. The Morgan fingerprint density at radius 2 is 1.83 bits per heavy atom. The Balaban J connectivity index is 1.69. The van der Waals surface area contributed by atoms with Crippen molar-refractivity contribution in [3.8, 4) is 0 Å². The summed E-state index contributed by atoms with van der Waals surface area (Å²) in [5, 5.41) is 10.5. The van der Waals surface area contributed by atoms with E-state index in [1.54, 1.807) is 18.2 Å². The van der Waals surface area contributed by atoms with Crippen molar-refractivity contribution >= 4 is 33.5 Å². The topological polar surface area (TPSA) is 106 Å². The van der Waals surface area contributed by atoms with Crippen LogP contribution in [0.5, 0.6) is 0 Å². The van der Waals surface area contributed by atoms with Gasteiger partial charge in [-0.3, -0.25) is 9.89 Å². The van der Waals surface area contributed by atoms with Gasteiger partial charge in [0.05, 0.1) is 16.6 Å². The largest absolute Gasteiger partial charge is 0.323 e. The quantitative estimate of drug-likeness (QED) is 0.456. The van der Waals surface area contributed by atoms with Gasteiger partial charge in [0.15, 0.2) is 5.69 Å². The number of aromatic nitrogens is 4. The fraction of sp³-hybridized carbons (Fsp3) is 0.0625. The Hall–Kier alpha value is -3.35. The van der Waals surface area contributed by atoms with Crippen molar-refractivity contribution in [2.45, 2.75) is 6.92 Å². The summed E-state index contributed by atoms with van der Waals surface area (Å²) in [5.74, 6) is -0.306. The van der Waals surface area contributed by atoms with Crippen LogP contribution in [0.1, 0.15) is 16.1 Å². The maximum atomic E-state index is 12.5. The number of carbonyl (C=O) groups excluding carboxylic acids is 1. The minimum Gasteiger partial charge on any atom is -0.320 e. The van der Waals surface area contributed by atoms with E-state index in [4.69, 9.17) is 0 Å². The number of rotatable bonds is 2. The lowest BCUT2D eigenvalue weighted by molar-refractivity contribution is 0.102. The molecule has 7 nitrogen and oxygen atoms in total. The minimum atomic E-state index is -0.306. The summed E-state index contributed by atoms with van der Waals surface area (Å²) in [6.07, 6.45) is 0. The Morgan fingerprint density at radius 1 is 1.04 bits per heavy atom. The number of aromatic amines is 3. The number of hydrogen-bond acceptors (Lipinski definition) is 3. The van der Waals surface area contributed by atoms with Gasteiger partial charge in [0.2, 0.25) is 0 Å². The Labute approximate surface area is 129 Å². The zero-order valence-corrected chi connectivity index (χ0v) is 12.2. The fourth-order valence-electron chi connectivity index (χ4n) is 2.60. The molecule has 114 valence electrons. The highest BCUT2D eigenvalue weighted by Gasteiger charge is 2.14. The Kier molecular flexibility index (Phi) is 2.80. The first-order chi connectivity index (χ1) is 11.1. The van der Waals surface area contributed by atoms with Crippen LogP contribution in [-0.4, -0.2) is 26.1 Å². The van der Waals surface area contributed by atoms with Crippen molar-refractivity contribution in [2.24, 2.45) is 0 Å². The molecule has 2 aromatic carbocycles. The lowest BCUT2D eigenvalue weighted by atomic mass is 10.1. The van der Waals surface area contributed by atoms with Gasteiger partial charge < -0.3 is 15.3 Å². The highest BCUT2D eigenvalue weighted by molar-refractivity contribution is 6.11. The molecule has 0 aliphatic rings. The third-order valence-corrected chi connectivity index (χ3v) is 3.71. The minimum absolute atomic E-state index is 0.280. The molecule has 2 aromatic heterocycles. The van der Waals surface area contributed by atoms with E-state index in [0.29, 0.717) is 22.4 Å². The smallest absolute Gasteiger partial charge is 0.320 e. The van der Waals surface area contributed by atoms with Gasteiger partial charge in [-0.1, -0.05) is 11.6 Å². The maximum Gasteiger partial charge on any atom is 0.323 e. The SMILES string of the molecule is Cc1ccc2[nH]nc(C(=O)Nc3ccc4[nH]c(=O)[nH]c4c3)c2c1. The van der Waals surface area contributed by atoms with Crippen LogP contribution in [0.2, 0.25) is 0 Å². The van der Waals surface area contributed by atoms with Crippen molar-refractivity contribution in [1.29, 1.82) is 0 Å². The summed E-state index contributed by atoms with van der Waals surface area (Å²) in [6, 6.07) is 10.9. The second-order valence-corrected chi connectivity index (χ2v) is 5.41. The highest BCUT2D eigenvalue weighted by Crippen LogP contribution is 2.20. The van der Waals surface area contributed by atoms with Gasteiger partial charge in [-0.05, 0) is 37.3 Å². The third kappa shape index (κ3) is 2.28. The molecule has 7 heteroatoms. The van der Waals surface area contributed by atoms with Crippen molar-refractivity contribution < 1.29 is 4.79 Å². The summed E-state index contributed by atoms with van der Waals surface area (Å²) >= 11 is 0. The van der Waals surface area contributed by atoms with E-state index >= 15 is 0 Å². The number of hydrogen-bond donors (Lipinski definition) is 4. The second kappa shape index (κ2) is 4.84. The summed E-state index contributed by atoms with van der Waals surface area (Å²) < 4.78 is 0. The van der Waals surface area contributed by atoms with Crippen LogP contribution < -0.4 is 11.0 Å². The molecule has 4 rings (SSSR count). The van der Waals surface area contributed by atoms with Gasteiger partial charge in [0, 0.05) is 11.1 Å². The van der Waals surface area contributed by atoms with Crippen molar-refractivity contribution in [3.63, 3.8) is 0 Å². The highest BCUT2D eigenvalue weighted by atomic mass is 16.2. The van der Waals surface area contributed by atoms with E-state index in [0.717, 1.165) is 16.5 Å². The monoisotopic (exact) mass is 307 g/mol. The van der Waals surface area contributed by atoms with E-state index < -0.39 is 0 Å². The number of benzene rings is 2. The first-order valence-corrected chi connectivity index (χ1v) is 7.08. The van der Waals surface area contributed by atoms with Crippen LogP contribution in [0.4, 0.5) is 5.69 Å². The molecule has 0 spiro atoms. The molecule has 2 heterocycles. The van der Waals surface area contributed by atoms with E-state index in [2.05, 4.69) is 25.5 Å². The number of amides is 1. The molecule has 0 saturated carbocycles. The number of nitrogens with one attached hydrogen (secondary N) is 4. The number of nitrogens with zero attached hydrogens (tertiary/aromatic N) is 1. The Bertz CT molecular complexity index is 1100. The molecule has 0 radical (unpaired) electrons. The number of carbonyl (C=O) groups is 1. The van der Waals surface area contributed by atoms with Crippen LogP contribution >= 0.6 is 0 Å². The average Bonchev–Trinajstić information content (AvgIpc) is 3.08. The average molecular weight is 307 g/mol. The van der Waals surface area contributed by atoms with Crippen LogP contribution in [-0.2, 0) is 0 Å². The first-order valence-electron chi connectivity index (χ1n) is 7.08. The van der Waals surface area contributed by atoms with Gasteiger partial charge in [0.1, 0.15) is 0 Å². The molecule has 4 N–H and O–H groups in total. The van der Waals surface area contributed by atoms with E-state index in [9.17, 15) is 9.59 Å². The van der Waals surface area contributed by atoms with Gasteiger partial charge in [-0.15, -0.1) is 0 Å². The number of fused-ring (bicyclic) bond motifs is 2. The third-order valence-electron chi connectivity index (χ3n) is 3.71. The first kappa shape index (κ1) is 13.3. The van der Waals surface area contributed by atoms with E-state index in [-0.39, 0.29) is 11.6 Å². The molecule has 1 amide bonds. The Morgan fingerprint density at radius 3 is 2.70 bits per heavy atom. The van der Waals surface area contributed by atoms with Gasteiger partial charge in [-0.2, -0.15) is 5.10 Å². The molecule has 0 aliphatic heterocycles. The maximum absolute atomic E-state index is 12.5. The molecule has 0 bridgehead atoms. The lowest BCUT2D eigenvalue weighted by Gasteiger charge is -2.03. The normalized spacial score (nSPS) is 11.2. The molecule has 0 fully saturated rings. The molecule has 0 saturated heterocycles. The van der Waals surface area contributed by atoms with Crippen LogP contribution in [0.15, 0.2) is 41.2 Å². The molecule has 23 heavy (non-hydrogen) atoms. The van der Waals surface area contributed by atoms with Gasteiger partial charge in [0.25, 0.3) is 5.91 Å². The van der Waals surface area contributed by atoms with E-state index in [1.807, 2.05) is 25.1 Å². The summed E-state index contributed by atoms with van der Waals surface area (Å²) in [5.41, 5.74) is 3.83. The molecular weight excluding hydrogens is 294 g/mol. The number of H-pyrrole nitrogens is 3. The molecule has 4 aromatic rings. The predicted molar refractivity (Wildman–Crippen MR) is 87.7 cm³/mol. The molecule has 0 aliphatic carbocycles. The number of aryl methyl sites for hydroxylation is 1. The number of imidazole rings is 1. The summed E-state index contributed by atoms with van der Waals surface area (Å²) in [6.45, 7) is 1.96. The van der Waals surface area contributed by atoms with Crippen LogP contribution in [0.25, 0.3) is 21.9 Å².